The summed E-state index contributed by atoms with van der Waals surface area (Å²) in [6.07, 6.45) is 0.667. The first-order valence-electron chi connectivity index (χ1n) is 7.79. The third-order valence-corrected chi connectivity index (χ3v) is 9.30. The minimum atomic E-state index is -1.71. The summed E-state index contributed by atoms with van der Waals surface area (Å²) < 4.78 is 11.7. The van der Waals surface area contributed by atoms with Crippen LogP contribution >= 0.6 is 0 Å². The van der Waals surface area contributed by atoms with E-state index in [9.17, 15) is 5.11 Å². The van der Waals surface area contributed by atoms with Crippen LogP contribution in [0.1, 0.15) is 33.6 Å². The first-order chi connectivity index (χ1) is 9.35. The molecule has 5 heteroatoms. The Morgan fingerprint density at radius 1 is 1.00 bits per heavy atom. The maximum Gasteiger partial charge on any atom is 0.191 e. The Morgan fingerprint density at radius 3 is 2.05 bits per heavy atom. The SMILES string of the molecule is CC(C)(C)[Si](C)(C)OCCC(O)C#CCCO[Si](C)(C)C. The van der Waals surface area contributed by atoms with Gasteiger partial charge in [0, 0.05) is 26.1 Å². The summed E-state index contributed by atoms with van der Waals surface area (Å²) in [5, 5.41) is 10.0. The van der Waals surface area contributed by atoms with Crippen LogP contribution in [0.2, 0.25) is 37.8 Å². The van der Waals surface area contributed by atoms with Crippen molar-refractivity contribution in [2.75, 3.05) is 13.2 Å². The van der Waals surface area contributed by atoms with Crippen LogP contribution in [-0.4, -0.2) is 41.1 Å². The third-order valence-electron chi connectivity index (χ3n) is 3.69. The van der Waals surface area contributed by atoms with E-state index in [0.717, 1.165) is 0 Å². The van der Waals surface area contributed by atoms with Gasteiger partial charge in [0.15, 0.2) is 16.6 Å². The van der Waals surface area contributed by atoms with Gasteiger partial charge in [-0.25, -0.2) is 0 Å². The molecule has 0 heterocycles. The number of hydrogen-bond acceptors (Lipinski definition) is 3. The van der Waals surface area contributed by atoms with Crippen molar-refractivity contribution < 1.29 is 14.0 Å². The van der Waals surface area contributed by atoms with Gasteiger partial charge in [0.25, 0.3) is 0 Å². The molecule has 0 saturated carbocycles. The van der Waals surface area contributed by atoms with Crippen LogP contribution in [0.25, 0.3) is 0 Å². The molecule has 124 valence electrons. The molecule has 0 radical (unpaired) electrons. The summed E-state index contributed by atoms with van der Waals surface area (Å²) in [6.45, 7) is 18.8. The van der Waals surface area contributed by atoms with Crippen molar-refractivity contribution in [1.82, 2.24) is 0 Å². The summed E-state index contributed by atoms with van der Waals surface area (Å²) in [5.41, 5.74) is 0. The van der Waals surface area contributed by atoms with Gasteiger partial charge in [-0.05, 0) is 37.8 Å². The van der Waals surface area contributed by atoms with Crippen molar-refractivity contribution >= 4 is 16.6 Å². The minimum Gasteiger partial charge on any atom is -0.417 e. The fourth-order valence-electron chi connectivity index (χ4n) is 1.31. The molecule has 0 aliphatic carbocycles. The van der Waals surface area contributed by atoms with Crippen molar-refractivity contribution in [3.8, 4) is 11.8 Å². The van der Waals surface area contributed by atoms with E-state index in [1.54, 1.807) is 0 Å². The summed E-state index contributed by atoms with van der Waals surface area (Å²) >= 11 is 0. The first kappa shape index (κ1) is 20.9. The molecule has 0 amide bonds. The predicted octanol–water partition coefficient (Wildman–Crippen LogP) is 4.00. The zero-order valence-corrected chi connectivity index (χ0v) is 17.2. The van der Waals surface area contributed by atoms with Crippen LogP contribution in [0.15, 0.2) is 0 Å². The van der Waals surface area contributed by atoms with Crippen molar-refractivity contribution in [1.29, 1.82) is 0 Å². The molecule has 0 aromatic rings. The average molecular weight is 331 g/mol. The zero-order valence-electron chi connectivity index (χ0n) is 15.2. The standard InChI is InChI=1S/C16H34O3Si2/c1-16(2,3)21(7,8)19-14-12-15(17)11-9-10-13-18-20(4,5)6/h15,17H,10,12-14H2,1-8H3. The monoisotopic (exact) mass is 330 g/mol. The quantitative estimate of drug-likeness (QED) is 0.435. The molecule has 1 N–H and O–H groups in total. The lowest BCUT2D eigenvalue weighted by atomic mass is 10.2. The van der Waals surface area contributed by atoms with E-state index in [1.165, 1.54) is 0 Å². The van der Waals surface area contributed by atoms with Crippen LogP contribution in [0.3, 0.4) is 0 Å². The van der Waals surface area contributed by atoms with Crippen LogP contribution in [0, 0.1) is 11.8 Å². The van der Waals surface area contributed by atoms with Gasteiger partial charge in [-0.1, -0.05) is 32.6 Å². The van der Waals surface area contributed by atoms with E-state index < -0.39 is 22.7 Å². The van der Waals surface area contributed by atoms with Crippen LogP contribution < -0.4 is 0 Å². The highest BCUT2D eigenvalue weighted by Gasteiger charge is 2.36. The van der Waals surface area contributed by atoms with E-state index in [1.807, 2.05) is 0 Å². The Morgan fingerprint density at radius 2 is 1.57 bits per heavy atom. The van der Waals surface area contributed by atoms with Gasteiger partial charge in [0.2, 0.25) is 0 Å². The van der Waals surface area contributed by atoms with E-state index in [4.69, 9.17) is 8.85 Å². The van der Waals surface area contributed by atoms with Crippen LogP contribution in [0.5, 0.6) is 0 Å². The van der Waals surface area contributed by atoms with Crippen molar-refractivity contribution in [3.05, 3.63) is 0 Å². The topological polar surface area (TPSA) is 38.7 Å². The van der Waals surface area contributed by atoms with Crippen molar-refractivity contribution in [3.63, 3.8) is 0 Å². The Kier molecular flexibility index (Phi) is 8.44. The average Bonchev–Trinajstić information content (AvgIpc) is 2.25. The Hall–Kier alpha value is -0.126. The molecule has 0 rings (SSSR count). The summed E-state index contributed by atoms with van der Waals surface area (Å²) in [4.78, 5) is 0. The fourth-order valence-corrected chi connectivity index (χ4v) is 3.09. The lowest BCUT2D eigenvalue weighted by Crippen LogP contribution is -2.41. The maximum atomic E-state index is 9.84. The normalized spacial score (nSPS) is 14.5. The molecule has 1 atom stereocenters. The van der Waals surface area contributed by atoms with E-state index in [0.29, 0.717) is 26.1 Å². The number of aliphatic hydroxyl groups is 1. The Bertz CT molecular complexity index is 356. The van der Waals surface area contributed by atoms with Crippen molar-refractivity contribution in [2.45, 2.75) is 77.5 Å². The molecule has 3 nitrogen and oxygen atoms in total. The summed E-state index contributed by atoms with van der Waals surface area (Å²) in [6, 6.07) is 0. The second-order valence-corrected chi connectivity index (χ2v) is 17.3. The van der Waals surface area contributed by atoms with Gasteiger partial charge < -0.3 is 14.0 Å². The van der Waals surface area contributed by atoms with Crippen molar-refractivity contribution in [2.24, 2.45) is 0 Å². The van der Waals surface area contributed by atoms with Crippen LogP contribution in [0.4, 0.5) is 0 Å². The molecule has 0 spiro atoms. The highest BCUT2D eigenvalue weighted by atomic mass is 28.4. The smallest absolute Gasteiger partial charge is 0.191 e. The zero-order chi connectivity index (χ0) is 16.7. The highest BCUT2D eigenvalue weighted by molar-refractivity contribution is 6.74. The van der Waals surface area contributed by atoms with Gasteiger partial charge in [0.1, 0.15) is 6.10 Å². The highest BCUT2D eigenvalue weighted by Crippen LogP contribution is 2.36. The molecule has 0 aromatic heterocycles. The van der Waals surface area contributed by atoms with Gasteiger partial charge >= 0.3 is 0 Å². The molecular formula is C16H34O3Si2. The minimum absolute atomic E-state index is 0.206. The second kappa shape index (κ2) is 8.49. The van der Waals surface area contributed by atoms with Gasteiger partial charge in [0.05, 0.1) is 0 Å². The molecule has 0 bridgehead atoms. The van der Waals surface area contributed by atoms with Gasteiger partial charge in [-0.2, -0.15) is 0 Å². The van der Waals surface area contributed by atoms with Crippen LogP contribution in [-0.2, 0) is 8.85 Å². The molecule has 0 saturated heterocycles. The fraction of sp³-hybridized carbons (Fsp3) is 0.875. The summed E-state index contributed by atoms with van der Waals surface area (Å²) in [7, 11) is -3.15. The number of hydrogen-bond donors (Lipinski definition) is 1. The molecule has 0 aliphatic heterocycles. The molecule has 21 heavy (non-hydrogen) atoms. The first-order valence-corrected chi connectivity index (χ1v) is 14.1. The number of rotatable bonds is 7. The molecule has 0 aliphatic rings. The molecule has 1 unspecified atom stereocenters. The third kappa shape index (κ3) is 10.3. The molecular weight excluding hydrogens is 296 g/mol. The van der Waals surface area contributed by atoms with Gasteiger partial charge in [-0.15, -0.1) is 0 Å². The lowest BCUT2D eigenvalue weighted by Gasteiger charge is -2.36. The number of aliphatic hydroxyl groups excluding tert-OH is 1. The maximum absolute atomic E-state index is 9.84. The molecule has 0 fully saturated rings. The lowest BCUT2D eigenvalue weighted by molar-refractivity contribution is 0.179. The predicted molar refractivity (Wildman–Crippen MR) is 95.5 cm³/mol. The van der Waals surface area contributed by atoms with Gasteiger partial charge in [-0.3, -0.25) is 0 Å². The van der Waals surface area contributed by atoms with E-state index in [2.05, 4.69) is 65.3 Å². The largest absolute Gasteiger partial charge is 0.417 e. The Labute approximate surface area is 133 Å². The summed E-state index contributed by atoms with van der Waals surface area (Å²) in [5.74, 6) is 5.86. The van der Waals surface area contributed by atoms with E-state index in [-0.39, 0.29) is 5.04 Å². The molecule has 0 aromatic carbocycles. The Balaban J connectivity index is 3.95. The van der Waals surface area contributed by atoms with E-state index >= 15 is 0 Å². The second-order valence-electron chi connectivity index (χ2n) is 7.95.